The van der Waals surface area contributed by atoms with Crippen molar-refractivity contribution in [2.75, 3.05) is 40.0 Å². The fraction of sp³-hybridized carbons (Fsp3) is 0.571. The van der Waals surface area contributed by atoms with Gasteiger partial charge in [-0.15, -0.1) is 0 Å². The van der Waals surface area contributed by atoms with E-state index in [0.717, 1.165) is 25.9 Å². The molecule has 6 nitrogen and oxygen atoms in total. The Hall–Kier alpha value is -1.31. The lowest BCUT2D eigenvalue weighted by Crippen LogP contribution is -2.35. The first-order valence-electron chi connectivity index (χ1n) is 6.98. The predicted molar refractivity (Wildman–Crippen MR) is 82.9 cm³/mol. The number of nitrogens with two attached hydrogens (primary N) is 1. The summed E-state index contributed by atoms with van der Waals surface area (Å²) in [6.45, 7) is 2.00. The summed E-state index contributed by atoms with van der Waals surface area (Å²) in [7, 11) is 1.61. The zero-order chi connectivity index (χ0) is 15.6. The number of ether oxygens (including phenoxy) is 1. The van der Waals surface area contributed by atoms with Crippen LogP contribution < -0.4 is 10.5 Å². The summed E-state index contributed by atoms with van der Waals surface area (Å²) in [4.78, 5) is 2.44. The third kappa shape index (κ3) is 3.66. The molecule has 0 aliphatic carbocycles. The first kappa shape index (κ1) is 16.1. The molecule has 21 heavy (non-hydrogen) atoms. The summed E-state index contributed by atoms with van der Waals surface area (Å²) in [5.74, 6) is 0.558. The van der Waals surface area contributed by atoms with Gasteiger partial charge in [0.05, 0.1) is 10.6 Å². The number of nitrogens with zero attached hydrogens (tertiary/aromatic N) is 2. The van der Waals surface area contributed by atoms with E-state index in [-0.39, 0.29) is 11.0 Å². The van der Waals surface area contributed by atoms with Gasteiger partial charge in [-0.2, -0.15) is 0 Å². The lowest BCUT2D eigenvalue weighted by molar-refractivity contribution is 0.115. The normalized spacial score (nSPS) is 18.1. The van der Waals surface area contributed by atoms with Crippen LogP contribution in [0.1, 0.15) is 12.8 Å². The van der Waals surface area contributed by atoms with Crippen molar-refractivity contribution in [1.29, 1.82) is 0 Å². The fourth-order valence-corrected chi connectivity index (χ4v) is 3.22. The van der Waals surface area contributed by atoms with Gasteiger partial charge in [0.1, 0.15) is 11.9 Å². The van der Waals surface area contributed by atoms with Gasteiger partial charge in [0.25, 0.3) is 0 Å². The maximum absolute atomic E-state index is 12.0. The van der Waals surface area contributed by atoms with Gasteiger partial charge >= 0.3 is 0 Å². The molecule has 0 bridgehead atoms. The van der Waals surface area contributed by atoms with Crippen molar-refractivity contribution in [2.24, 2.45) is 0 Å². The maximum atomic E-state index is 12.0. The van der Waals surface area contributed by atoms with Gasteiger partial charge in [-0.1, -0.05) is 0 Å². The highest BCUT2D eigenvalue weighted by molar-refractivity contribution is 7.89. The van der Waals surface area contributed by atoms with Gasteiger partial charge in [0.15, 0.2) is 0 Å². The van der Waals surface area contributed by atoms with Gasteiger partial charge < -0.3 is 15.4 Å². The van der Waals surface area contributed by atoms with Crippen molar-refractivity contribution in [3.63, 3.8) is 0 Å². The van der Waals surface area contributed by atoms with Gasteiger partial charge in [-0.3, -0.25) is 0 Å². The molecule has 1 saturated heterocycles. The predicted octanol–water partition coefficient (Wildman–Crippen LogP) is 0.992. The Morgan fingerprint density at radius 3 is 2.43 bits per heavy atom. The molecule has 2 N–H and O–H groups in total. The van der Waals surface area contributed by atoms with Crippen molar-refractivity contribution in [2.45, 2.75) is 23.8 Å². The highest BCUT2D eigenvalue weighted by Crippen LogP contribution is 2.28. The molecule has 0 aromatic heterocycles. The second-order valence-corrected chi connectivity index (χ2v) is 7.76. The fourth-order valence-electron chi connectivity index (χ4n) is 2.29. The van der Waals surface area contributed by atoms with Crippen LogP contribution in [-0.2, 0) is 10.0 Å². The third-order valence-electron chi connectivity index (χ3n) is 3.72. The van der Waals surface area contributed by atoms with Crippen LogP contribution in [0.15, 0.2) is 23.1 Å². The summed E-state index contributed by atoms with van der Waals surface area (Å²) in [5, 5.41) is 0. The van der Waals surface area contributed by atoms with Gasteiger partial charge in [0, 0.05) is 27.2 Å². The number of likely N-dealkylation sites (tertiary alicyclic amines) is 1. The van der Waals surface area contributed by atoms with Gasteiger partial charge in [-0.05, 0) is 38.1 Å². The highest BCUT2D eigenvalue weighted by Gasteiger charge is 2.21. The quantitative estimate of drug-likeness (QED) is 0.839. The van der Waals surface area contributed by atoms with Crippen LogP contribution >= 0.6 is 0 Å². The lowest BCUT2D eigenvalue weighted by atomic mass is 10.1. The van der Waals surface area contributed by atoms with E-state index in [1.54, 1.807) is 6.07 Å². The van der Waals surface area contributed by atoms with Crippen LogP contribution in [0.3, 0.4) is 0 Å². The summed E-state index contributed by atoms with van der Waals surface area (Å²) >= 11 is 0. The number of anilines is 1. The van der Waals surface area contributed by atoms with Crippen LogP contribution in [0.25, 0.3) is 0 Å². The number of benzene rings is 1. The minimum absolute atomic E-state index is 0.139. The molecule has 0 spiro atoms. The van der Waals surface area contributed by atoms with E-state index in [0.29, 0.717) is 11.4 Å². The van der Waals surface area contributed by atoms with Crippen LogP contribution in [0.2, 0.25) is 0 Å². The Kier molecular flexibility index (Phi) is 4.75. The topological polar surface area (TPSA) is 75.9 Å². The first-order chi connectivity index (χ1) is 9.80. The molecular weight excluding hydrogens is 290 g/mol. The minimum Gasteiger partial charge on any atom is -0.488 e. The van der Waals surface area contributed by atoms with E-state index in [4.69, 9.17) is 10.5 Å². The molecule has 0 saturated carbocycles. The maximum Gasteiger partial charge on any atom is 0.242 e. The summed E-state index contributed by atoms with van der Waals surface area (Å²) < 4.78 is 31.2. The molecule has 1 aromatic rings. The second-order valence-electron chi connectivity index (χ2n) is 5.61. The standard InChI is InChI=1S/C14H23N3O3S/c1-16(2)21(18,19)12-4-5-14(13(15)10-12)20-11-6-8-17(3)9-7-11/h4-5,10-11H,6-9,15H2,1-3H3. The van der Waals surface area contributed by atoms with Crippen LogP contribution in [0.4, 0.5) is 5.69 Å². The molecule has 0 atom stereocenters. The SMILES string of the molecule is CN1CCC(Oc2ccc(S(=O)(=O)N(C)C)cc2N)CC1. The summed E-state index contributed by atoms with van der Waals surface area (Å²) in [6, 6.07) is 4.64. The molecule has 2 rings (SSSR count). The van der Waals surface area contributed by atoms with E-state index in [2.05, 4.69) is 11.9 Å². The van der Waals surface area contributed by atoms with E-state index in [9.17, 15) is 8.42 Å². The molecule has 1 aliphatic heterocycles. The molecular formula is C14H23N3O3S. The summed E-state index contributed by atoms with van der Waals surface area (Å²) in [5.41, 5.74) is 6.30. The summed E-state index contributed by atoms with van der Waals surface area (Å²) in [6.07, 6.45) is 2.04. The Morgan fingerprint density at radius 1 is 1.29 bits per heavy atom. The minimum atomic E-state index is -3.47. The molecule has 1 heterocycles. The molecule has 1 fully saturated rings. The Bertz CT molecular complexity index is 593. The number of sulfonamides is 1. The first-order valence-corrected chi connectivity index (χ1v) is 8.42. The van der Waals surface area contributed by atoms with Crippen molar-refractivity contribution in [1.82, 2.24) is 9.21 Å². The monoisotopic (exact) mass is 313 g/mol. The van der Waals surface area contributed by atoms with Crippen LogP contribution in [0, 0.1) is 0 Å². The molecule has 1 aliphatic rings. The number of piperidine rings is 1. The molecule has 7 heteroatoms. The Balaban J connectivity index is 2.13. The second kappa shape index (κ2) is 6.21. The number of hydrogen-bond donors (Lipinski definition) is 1. The molecule has 0 unspecified atom stereocenters. The molecule has 1 aromatic carbocycles. The van der Waals surface area contributed by atoms with E-state index in [1.807, 2.05) is 0 Å². The average molecular weight is 313 g/mol. The number of hydrogen-bond acceptors (Lipinski definition) is 5. The largest absolute Gasteiger partial charge is 0.488 e. The lowest BCUT2D eigenvalue weighted by Gasteiger charge is -2.29. The zero-order valence-corrected chi connectivity index (χ0v) is 13.6. The van der Waals surface area contributed by atoms with Crippen molar-refractivity contribution >= 4 is 15.7 Å². The number of rotatable bonds is 4. The smallest absolute Gasteiger partial charge is 0.242 e. The molecule has 0 amide bonds. The van der Waals surface area contributed by atoms with Crippen molar-refractivity contribution in [3.8, 4) is 5.75 Å². The molecule has 118 valence electrons. The average Bonchev–Trinajstić information content (AvgIpc) is 2.43. The van der Waals surface area contributed by atoms with Crippen molar-refractivity contribution in [3.05, 3.63) is 18.2 Å². The Morgan fingerprint density at radius 2 is 1.90 bits per heavy atom. The van der Waals surface area contributed by atoms with Crippen LogP contribution in [-0.4, -0.2) is 58.0 Å². The third-order valence-corrected chi connectivity index (χ3v) is 5.53. The Labute approximate surface area is 126 Å². The number of nitrogen functional groups attached to an aromatic ring is 1. The van der Waals surface area contributed by atoms with E-state index >= 15 is 0 Å². The van der Waals surface area contributed by atoms with E-state index < -0.39 is 10.0 Å². The van der Waals surface area contributed by atoms with Gasteiger partial charge in [0.2, 0.25) is 10.0 Å². The highest BCUT2D eigenvalue weighted by atomic mass is 32.2. The molecule has 0 radical (unpaired) electrons. The van der Waals surface area contributed by atoms with Crippen molar-refractivity contribution < 1.29 is 13.2 Å². The van der Waals surface area contributed by atoms with E-state index in [1.165, 1.54) is 30.5 Å². The van der Waals surface area contributed by atoms with Crippen LogP contribution in [0.5, 0.6) is 5.75 Å². The van der Waals surface area contributed by atoms with Gasteiger partial charge in [-0.25, -0.2) is 12.7 Å². The zero-order valence-electron chi connectivity index (χ0n) is 12.7.